The quantitative estimate of drug-likeness (QED) is 0.574. The van der Waals surface area contributed by atoms with Crippen molar-refractivity contribution in [3.05, 3.63) is 54.1 Å². The van der Waals surface area contributed by atoms with Gasteiger partial charge >= 0.3 is 0 Å². The highest BCUT2D eigenvalue weighted by Gasteiger charge is 2.21. The van der Waals surface area contributed by atoms with Gasteiger partial charge in [0, 0.05) is 49.5 Å². The Bertz CT molecular complexity index is 999. The standard InChI is InChI=1S/C26H34N4O3S/c1-18(2)16-24(31)30-14-12-29(13-15-30)22-10-8-21(9-11-22)27-26(34)28-25(32)20-6-5-7-23(17-20)33-19(3)4/h5-11,17-19H,12-16H2,1-4H3,(H2,27,28,32,34). The molecule has 0 saturated carbocycles. The van der Waals surface area contributed by atoms with Crippen LogP contribution in [0.25, 0.3) is 0 Å². The average molecular weight is 483 g/mol. The molecule has 0 aromatic heterocycles. The van der Waals surface area contributed by atoms with Gasteiger partial charge in [-0.05, 0) is 74.4 Å². The Hall–Kier alpha value is -3.13. The van der Waals surface area contributed by atoms with Crippen LogP contribution in [0.4, 0.5) is 11.4 Å². The summed E-state index contributed by atoms with van der Waals surface area (Å²) in [5, 5.41) is 5.99. The molecule has 1 fully saturated rings. The minimum absolute atomic E-state index is 0.0280. The Morgan fingerprint density at radius 3 is 2.29 bits per heavy atom. The molecular weight excluding hydrogens is 448 g/mol. The fraction of sp³-hybridized carbons (Fsp3) is 0.423. The summed E-state index contributed by atoms with van der Waals surface area (Å²) >= 11 is 5.32. The third-order valence-electron chi connectivity index (χ3n) is 5.40. The minimum atomic E-state index is -0.298. The number of ether oxygens (including phenoxy) is 1. The number of nitrogens with one attached hydrogen (secondary N) is 2. The number of rotatable bonds is 7. The van der Waals surface area contributed by atoms with Crippen LogP contribution in [0.15, 0.2) is 48.5 Å². The molecule has 1 saturated heterocycles. The molecular formula is C26H34N4O3S. The van der Waals surface area contributed by atoms with Crippen LogP contribution in [0.2, 0.25) is 0 Å². The van der Waals surface area contributed by atoms with Gasteiger partial charge in [0.25, 0.3) is 5.91 Å². The first-order valence-corrected chi connectivity index (χ1v) is 12.1. The molecule has 34 heavy (non-hydrogen) atoms. The van der Waals surface area contributed by atoms with E-state index < -0.39 is 0 Å². The highest BCUT2D eigenvalue weighted by Crippen LogP contribution is 2.20. The van der Waals surface area contributed by atoms with Gasteiger partial charge in [0.1, 0.15) is 5.75 Å². The molecule has 2 amide bonds. The number of carbonyl (C=O) groups is 2. The van der Waals surface area contributed by atoms with E-state index in [2.05, 4.69) is 29.4 Å². The van der Waals surface area contributed by atoms with Gasteiger partial charge in [-0.15, -0.1) is 0 Å². The highest BCUT2D eigenvalue weighted by atomic mass is 32.1. The van der Waals surface area contributed by atoms with E-state index in [-0.39, 0.29) is 23.0 Å². The lowest BCUT2D eigenvalue weighted by atomic mass is 10.1. The summed E-state index contributed by atoms with van der Waals surface area (Å²) in [6.07, 6.45) is 0.633. The van der Waals surface area contributed by atoms with E-state index in [0.29, 0.717) is 23.7 Å². The molecule has 0 radical (unpaired) electrons. The van der Waals surface area contributed by atoms with Crippen molar-refractivity contribution in [3.8, 4) is 5.75 Å². The predicted molar refractivity (Wildman–Crippen MR) is 141 cm³/mol. The zero-order valence-corrected chi connectivity index (χ0v) is 21.2. The topological polar surface area (TPSA) is 73.9 Å². The number of nitrogens with zero attached hydrogens (tertiary/aromatic N) is 2. The third kappa shape index (κ3) is 7.45. The van der Waals surface area contributed by atoms with Gasteiger partial charge < -0.3 is 19.9 Å². The Morgan fingerprint density at radius 1 is 1.00 bits per heavy atom. The SMILES string of the molecule is CC(C)CC(=O)N1CCN(c2ccc(NC(=S)NC(=O)c3cccc(OC(C)C)c3)cc2)CC1. The maximum atomic E-state index is 12.5. The number of piperazine rings is 1. The van der Waals surface area contributed by atoms with Gasteiger partial charge in [-0.3, -0.25) is 14.9 Å². The molecule has 1 aliphatic heterocycles. The summed E-state index contributed by atoms with van der Waals surface area (Å²) in [6.45, 7) is 11.1. The van der Waals surface area contributed by atoms with Crippen LogP contribution < -0.4 is 20.3 Å². The van der Waals surface area contributed by atoms with Crippen molar-refractivity contribution in [3.63, 3.8) is 0 Å². The van der Waals surface area contributed by atoms with Crippen molar-refractivity contribution < 1.29 is 14.3 Å². The summed E-state index contributed by atoms with van der Waals surface area (Å²) in [7, 11) is 0. The fourth-order valence-electron chi connectivity index (χ4n) is 3.77. The van der Waals surface area contributed by atoms with Crippen LogP contribution in [0.5, 0.6) is 5.75 Å². The molecule has 2 aromatic carbocycles. The van der Waals surface area contributed by atoms with Crippen LogP contribution in [0.1, 0.15) is 44.5 Å². The summed E-state index contributed by atoms with van der Waals surface area (Å²) in [4.78, 5) is 29.1. The molecule has 8 heteroatoms. The second-order valence-corrected chi connectivity index (χ2v) is 9.52. The molecule has 2 N–H and O–H groups in total. The van der Waals surface area contributed by atoms with Gasteiger partial charge in [-0.1, -0.05) is 19.9 Å². The van der Waals surface area contributed by atoms with Gasteiger partial charge in [-0.2, -0.15) is 0 Å². The average Bonchev–Trinajstić information content (AvgIpc) is 2.79. The number of benzene rings is 2. The molecule has 1 aliphatic rings. The fourth-order valence-corrected chi connectivity index (χ4v) is 3.98. The largest absolute Gasteiger partial charge is 0.491 e. The highest BCUT2D eigenvalue weighted by molar-refractivity contribution is 7.80. The van der Waals surface area contributed by atoms with Crippen LogP contribution >= 0.6 is 12.2 Å². The molecule has 0 unspecified atom stereocenters. The van der Waals surface area contributed by atoms with Crippen molar-refractivity contribution in [2.45, 2.75) is 40.2 Å². The number of hydrogen-bond donors (Lipinski definition) is 2. The monoisotopic (exact) mass is 482 g/mol. The number of carbonyl (C=O) groups excluding carboxylic acids is 2. The van der Waals surface area contributed by atoms with Crippen LogP contribution in [-0.2, 0) is 4.79 Å². The first kappa shape index (κ1) is 25.5. The number of amides is 2. The van der Waals surface area contributed by atoms with E-state index >= 15 is 0 Å². The third-order valence-corrected chi connectivity index (χ3v) is 5.60. The van der Waals surface area contributed by atoms with Crippen molar-refractivity contribution in [1.82, 2.24) is 10.2 Å². The Balaban J connectivity index is 1.49. The second kappa shape index (κ2) is 11.8. The van der Waals surface area contributed by atoms with Crippen molar-refractivity contribution in [2.75, 3.05) is 36.4 Å². The zero-order valence-electron chi connectivity index (χ0n) is 20.3. The first-order valence-electron chi connectivity index (χ1n) is 11.7. The van der Waals surface area contributed by atoms with Gasteiger partial charge in [-0.25, -0.2) is 0 Å². The van der Waals surface area contributed by atoms with Gasteiger partial charge in [0.15, 0.2) is 5.11 Å². The Kier molecular flexibility index (Phi) is 8.87. The van der Waals surface area contributed by atoms with E-state index in [1.165, 1.54) is 0 Å². The summed E-state index contributed by atoms with van der Waals surface area (Å²) < 4.78 is 5.65. The number of thiocarbonyl (C=S) groups is 1. The lowest BCUT2D eigenvalue weighted by Gasteiger charge is -2.36. The maximum absolute atomic E-state index is 12.5. The van der Waals surface area contributed by atoms with E-state index in [0.717, 1.165) is 37.6 Å². The van der Waals surface area contributed by atoms with Crippen LogP contribution in [0, 0.1) is 5.92 Å². The zero-order chi connectivity index (χ0) is 24.7. The van der Waals surface area contributed by atoms with Crippen molar-refractivity contribution in [1.29, 1.82) is 0 Å². The molecule has 182 valence electrons. The normalized spacial score (nSPS) is 13.7. The lowest BCUT2D eigenvalue weighted by Crippen LogP contribution is -2.49. The number of anilines is 2. The summed E-state index contributed by atoms with van der Waals surface area (Å²) in [5.41, 5.74) is 2.36. The van der Waals surface area contributed by atoms with Crippen molar-refractivity contribution in [2.24, 2.45) is 5.92 Å². The van der Waals surface area contributed by atoms with Gasteiger partial charge in [0.05, 0.1) is 6.10 Å². The lowest BCUT2D eigenvalue weighted by molar-refractivity contribution is -0.132. The van der Waals surface area contributed by atoms with E-state index in [4.69, 9.17) is 17.0 Å². The second-order valence-electron chi connectivity index (χ2n) is 9.12. The molecule has 1 heterocycles. The summed E-state index contributed by atoms with van der Waals surface area (Å²) in [5.74, 6) is 0.963. The molecule has 0 bridgehead atoms. The van der Waals surface area contributed by atoms with Crippen molar-refractivity contribution >= 4 is 40.5 Å². The first-order chi connectivity index (χ1) is 16.2. The Morgan fingerprint density at radius 2 is 1.68 bits per heavy atom. The molecule has 0 atom stereocenters. The number of hydrogen-bond acceptors (Lipinski definition) is 5. The van der Waals surface area contributed by atoms with Crippen LogP contribution in [0.3, 0.4) is 0 Å². The molecule has 0 spiro atoms. The van der Waals surface area contributed by atoms with E-state index in [9.17, 15) is 9.59 Å². The van der Waals surface area contributed by atoms with E-state index in [1.807, 2.05) is 49.1 Å². The predicted octanol–water partition coefficient (Wildman–Crippen LogP) is 4.30. The molecule has 0 aliphatic carbocycles. The molecule has 3 rings (SSSR count). The smallest absolute Gasteiger partial charge is 0.257 e. The summed E-state index contributed by atoms with van der Waals surface area (Å²) in [6, 6.07) is 14.9. The molecule has 2 aromatic rings. The van der Waals surface area contributed by atoms with Gasteiger partial charge in [0.2, 0.25) is 5.91 Å². The minimum Gasteiger partial charge on any atom is -0.491 e. The van der Waals surface area contributed by atoms with Crippen LogP contribution in [-0.4, -0.2) is 54.1 Å². The van der Waals surface area contributed by atoms with E-state index in [1.54, 1.807) is 18.2 Å². The molecule has 7 nitrogen and oxygen atoms in total. The Labute approximate surface area is 207 Å². The maximum Gasteiger partial charge on any atom is 0.257 e.